The molecule has 4 heteroatoms. The smallest absolute Gasteiger partial charge is 0.141 e. The molecule has 0 aliphatic rings. The van der Waals surface area contributed by atoms with Crippen LogP contribution in [-0.2, 0) is 0 Å². The summed E-state index contributed by atoms with van der Waals surface area (Å²) in [6, 6.07) is 11.1. The normalized spacial score (nSPS) is 13.5. The number of nitriles is 1. The van der Waals surface area contributed by atoms with Crippen LogP contribution in [0.4, 0.5) is 4.39 Å². The predicted octanol–water partition coefficient (Wildman–Crippen LogP) is 3.50. The standard InChI is InChI=1S/C16H16FN3/c1-11(14-5-3-13(8-18)4-6-14)20-12(2)15-7-16(17)10-19-9-15/h3-7,9-12,20H,1-2H3. The summed E-state index contributed by atoms with van der Waals surface area (Å²) in [6.07, 6.45) is 2.85. The maximum Gasteiger partial charge on any atom is 0.141 e. The fourth-order valence-electron chi connectivity index (χ4n) is 2.08. The van der Waals surface area contributed by atoms with E-state index in [0.717, 1.165) is 11.1 Å². The van der Waals surface area contributed by atoms with Gasteiger partial charge in [-0.15, -0.1) is 0 Å². The summed E-state index contributed by atoms with van der Waals surface area (Å²) < 4.78 is 13.2. The molecule has 1 heterocycles. The average molecular weight is 269 g/mol. The summed E-state index contributed by atoms with van der Waals surface area (Å²) in [4.78, 5) is 3.86. The molecule has 1 aromatic heterocycles. The Morgan fingerprint density at radius 1 is 1.10 bits per heavy atom. The molecule has 3 nitrogen and oxygen atoms in total. The van der Waals surface area contributed by atoms with Crippen LogP contribution in [0.25, 0.3) is 0 Å². The molecule has 2 rings (SSSR count). The molecule has 0 amide bonds. The van der Waals surface area contributed by atoms with E-state index in [2.05, 4.69) is 16.4 Å². The van der Waals surface area contributed by atoms with Crippen molar-refractivity contribution < 1.29 is 4.39 Å². The van der Waals surface area contributed by atoms with Gasteiger partial charge in [0.1, 0.15) is 5.82 Å². The van der Waals surface area contributed by atoms with E-state index in [1.165, 1.54) is 12.3 Å². The lowest BCUT2D eigenvalue weighted by Gasteiger charge is -2.20. The first-order chi connectivity index (χ1) is 9.60. The monoisotopic (exact) mass is 269 g/mol. The molecule has 20 heavy (non-hydrogen) atoms. The largest absolute Gasteiger partial charge is 0.304 e. The van der Waals surface area contributed by atoms with E-state index in [1.807, 2.05) is 26.0 Å². The molecular weight excluding hydrogens is 253 g/mol. The second-order valence-electron chi connectivity index (χ2n) is 4.78. The Hall–Kier alpha value is -2.25. The van der Waals surface area contributed by atoms with Crippen molar-refractivity contribution >= 4 is 0 Å². The van der Waals surface area contributed by atoms with E-state index in [0.29, 0.717) is 5.56 Å². The van der Waals surface area contributed by atoms with E-state index in [-0.39, 0.29) is 17.9 Å². The van der Waals surface area contributed by atoms with Crippen LogP contribution in [0, 0.1) is 17.1 Å². The minimum Gasteiger partial charge on any atom is -0.304 e. The maximum atomic E-state index is 13.2. The van der Waals surface area contributed by atoms with Crippen molar-refractivity contribution in [2.75, 3.05) is 0 Å². The molecule has 0 saturated carbocycles. The predicted molar refractivity (Wildman–Crippen MR) is 75.3 cm³/mol. The van der Waals surface area contributed by atoms with Crippen molar-refractivity contribution in [2.45, 2.75) is 25.9 Å². The Morgan fingerprint density at radius 3 is 2.35 bits per heavy atom. The Morgan fingerprint density at radius 2 is 1.75 bits per heavy atom. The SMILES string of the molecule is CC(NC(C)c1cncc(F)c1)c1ccc(C#N)cc1. The van der Waals surface area contributed by atoms with E-state index in [1.54, 1.807) is 18.3 Å². The number of hydrogen-bond donors (Lipinski definition) is 1. The third-order valence-electron chi connectivity index (χ3n) is 3.27. The summed E-state index contributed by atoms with van der Waals surface area (Å²) in [6.45, 7) is 4.00. The molecular formula is C16H16FN3. The number of pyridine rings is 1. The lowest BCUT2D eigenvalue weighted by molar-refractivity contribution is 0.490. The topological polar surface area (TPSA) is 48.7 Å². The van der Waals surface area contributed by atoms with Crippen molar-refractivity contribution in [1.82, 2.24) is 10.3 Å². The molecule has 0 fully saturated rings. The van der Waals surface area contributed by atoms with Gasteiger partial charge < -0.3 is 5.32 Å². The number of rotatable bonds is 4. The molecule has 2 aromatic rings. The maximum absolute atomic E-state index is 13.2. The van der Waals surface area contributed by atoms with Crippen LogP contribution in [0.2, 0.25) is 0 Å². The number of halogens is 1. The van der Waals surface area contributed by atoms with Crippen molar-refractivity contribution in [3.05, 3.63) is 65.2 Å². The number of nitrogens with zero attached hydrogens (tertiary/aromatic N) is 2. The molecule has 102 valence electrons. The average Bonchev–Trinajstić information content (AvgIpc) is 2.47. The lowest BCUT2D eigenvalue weighted by Crippen LogP contribution is -2.22. The van der Waals surface area contributed by atoms with E-state index < -0.39 is 0 Å². The van der Waals surface area contributed by atoms with Gasteiger partial charge in [-0.2, -0.15) is 5.26 Å². The highest BCUT2D eigenvalue weighted by molar-refractivity contribution is 5.32. The molecule has 2 unspecified atom stereocenters. The van der Waals surface area contributed by atoms with Gasteiger partial charge in [0.25, 0.3) is 0 Å². The second kappa shape index (κ2) is 6.27. The van der Waals surface area contributed by atoms with Gasteiger partial charge in [-0.25, -0.2) is 4.39 Å². The van der Waals surface area contributed by atoms with Crippen LogP contribution in [-0.4, -0.2) is 4.98 Å². The molecule has 2 atom stereocenters. The second-order valence-corrected chi connectivity index (χ2v) is 4.78. The van der Waals surface area contributed by atoms with Gasteiger partial charge in [0.2, 0.25) is 0 Å². The third-order valence-corrected chi connectivity index (χ3v) is 3.27. The first-order valence-corrected chi connectivity index (χ1v) is 6.46. The zero-order chi connectivity index (χ0) is 14.5. The zero-order valence-corrected chi connectivity index (χ0v) is 11.5. The van der Waals surface area contributed by atoms with Gasteiger partial charge in [-0.05, 0) is 43.2 Å². The van der Waals surface area contributed by atoms with Crippen molar-refractivity contribution in [1.29, 1.82) is 5.26 Å². The van der Waals surface area contributed by atoms with E-state index >= 15 is 0 Å². The molecule has 0 radical (unpaired) electrons. The molecule has 0 bridgehead atoms. The van der Waals surface area contributed by atoms with Crippen LogP contribution in [0.1, 0.15) is 42.6 Å². The summed E-state index contributed by atoms with van der Waals surface area (Å²) in [7, 11) is 0. The molecule has 0 aliphatic carbocycles. The number of aromatic nitrogens is 1. The number of benzene rings is 1. The summed E-state index contributed by atoms with van der Waals surface area (Å²) >= 11 is 0. The van der Waals surface area contributed by atoms with Gasteiger partial charge >= 0.3 is 0 Å². The highest BCUT2D eigenvalue weighted by atomic mass is 19.1. The van der Waals surface area contributed by atoms with Crippen molar-refractivity contribution in [3.8, 4) is 6.07 Å². The first kappa shape index (κ1) is 14.2. The number of nitrogens with one attached hydrogen (secondary N) is 1. The highest BCUT2D eigenvalue weighted by Crippen LogP contribution is 2.19. The minimum atomic E-state index is -0.331. The summed E-state index contributed by atoms with van der Waals surface area (Å²) in [5.41, 5.74) is 2.54. The molecule has 0 spiro atoms. The van der Waals surface area contributed by atoms with Crippen LogP contribution < -0.4 is 5.32 Å². The van der Waals surface area contributed by atoms with Crippen LogP contribution in [0.5, 0.6) is 0 Å². The minimum absolute atomic E-state index is 0.0103. The van der Waals surface area contributed by atoms with Gasteiger partial charge in [0.05, 0.1) is 17.8 Å². The Bertz CT molecular complexity index is 616. The summed E-state index contributed by atoms with van der Waals surface area (Å²) in [5, 5.41) is 12.2. The molecule has 0 aliphatic heterocycles. The van der Waals surface area contributed by atoms with E-state index in [9.17, 15) is 4.39 Å². The molecule has 1 aromatic carbocycles. The molecule has 0 saturated heterocycles. The van der Waals surface area contributed by atoms with Crippen LogP contribution in [0.3, 0.4) is 0 Å². The van der Waals surface area contributed by atoms with Crippen molar-refractivity contribution in [3.63, 3.8) is 0 Å². The Kier molecular flexibility index (Phi) is 4.44. The van der Waals surface area contributed by atoms with Crippen LogP contribution >= 0.6 is 0 Å². The van der Waals surface area contributed by atoms with Gasteiger partial charge in [0.15, 0.2) is 0 Å². The fourth-order valence-corrected chi connectivity index (χ4v) is 2.08. The van der Waals surface area contributed by atoms with E-state index in [4.69, 9.17) is 5.26 Å². The number of hydrogen-bond acceptors (Lipinski definition) is 3. The van der Waals surface area contributed by atoms with Crippen LogP contribution in [0.15, 0.2) is 42.7 Å². The first-order valence-electron chi connectivity index (χ1n) is 6.46. The Balaban J connectivity index is 2.06. The fraction of sp³-hybridized carbons (Fsp3) is 0.250. The quantitative estimate of drug-likeness (QED) is 0.924. The lowest BCUT2D eigenvalue weighted by atomic mass is 10.0. The summed E-state index contributed by atoms with van der Waals surface area (Å²) in [5.74, 6) is -0.331. The van der Waals surface area contributed by atoms with Gasteiger partial charge in [-0.3, -0.25) is 4.98 Å². The van der Waals surface area contributed by atoms with Crippen molar-refractivity contribution in [2.24, 2.45) is 0 Å². The third kappa shape index (κ3) is 3.40. The van der Waals surface area contributed by atoms with Gasteiger partial charge in [-0.1, -0.05) is 12.1 Å². The Labute approximate surface area is 118 Å². The molecule has 1 N–H and O–H groups in total. The zero-order valence-electron chi connectivity index (χ0n) is 11.5. The highest BCUT2D eigenvalue weighted by Gasteiger charge is 2.12. The van der Waals surface area contributed by atoms with Gasteiger partial charge in [0, 0.05) is 18.3 Å².